The fraction of sp³-hybridized carbons (Fsp3) is 0.667. The molecule has 1 atom stereocenters. The van der Waals surface area contributed by atoms with Crippen LogP contribution >= 0.6 is 11.3 Å². The van der Waals surface area contributed by atoms with Crippen molar-refractivity contribution in [2.75, 3.05) is 19.6 Å². The topological polar surface area (TPSA) is 88.3 Å². The van der Waals surface area contributed by atoms with Crippen LogP contribution in [0.15, 0.2) is 5.38 Å². The summed E-state index contributed by atoms with van der Waals surface area (Å²) >= 11 is 1.48. The van der Waals surface area contributed by atoms with Crippen molar-refractivity contribution in [3.05, 3.63) is 16.1 Å². The van der Waals surface area contributed by atoms with E-state index in [9.17, 15) is 9.59 Å². The Hall–Kier alpha value is -1.47. The minimum atomic E-state index is -0.0473. The highest BCUT2D eigenvalue weighted by atomic mass is 32.1. The fourth-order valence-corrected chi connectivity index (χ4v) is 3.40. The molecule has 0 saturated carbocycles. The lowest BCUT2D eigenvalue weighted by Crippen LogP contribution is -2.49. The van der Waals surface area contributed by atoms with Gasteiger partial charge in [-0.25, -0.2) is 4.98 Å². The first-order valence-corrected chi connectivity index (χ1v) is 8.75. The number of hydrogen-bond donors (Lipinski definition) is 2. The molecule has 2 rings (SSSR count). The third-order valence-electron chi connectivity index (χ3n) is 3.68. The Morgan fingerprint density at radius 3 is 3.09 bits per heavy atom. The number of nitrogens with one attached hydrogen (secondary N) is 1. The predicted molar refractivity (Wildman–Crippen MR) is 86.8 cm³/mol. The summed E-state index contributed by atoms with van der Waals surface area (Å²) in [5.74, 6) is 0.0228. The largest absolute Gasteiger partial charge is 0.352 e. The molecule has 1 aliphatic rings. The zero-order valence-corrected chi connectivity index (χ0v) is 13.8. The number of amides is 2. The lowest BCUT2D eigenvalue weighted by molar-refractivity contribution is -0.122. The van der Waals surface area contributed by atoms with Crippen molar-refractivity contribution in [3.63, 3.8) is 0 Å². The van der Waals surface area contributed by atoms with Crippen LogP contribution in [-0.2, 0) is 11.2 Å². The number of carbonyl (C=O) groups is 2. The Balaban J connectivity index is 1.93. The van der Waals surface area contributed by atoms with E-state index in [-0.39, 0.29) is 17.9 Å². The first kappa shape index (κ1) is 16.9. The molecule has 0 aromatic carbocycles. The van der Waals surface area contributed by atoms with Crippen molar-refractivity contribution in [1.29, 1.82) is 0 Å². The minimum Gasteiger partial charge on any atom is -0.352 e. The van der Waals surface area contributed by atoms with E-state index >= 15 is 0 Å². The third kappa shape index (κ3) is 4.51. The van der Waals surface area contributed by atoms with Crippen molar-refractivity contribution >= 4 is 23.2 Å². The maximum Gasteiger partial charge on any atom is 0.273 e. The molecule has 1 fully saturated rings. The lowest BCUT2D eigenvalue weighted by Gasteiger charge is -2.32. The van der Waals surface area contributed by atoms with Crippen LogP contribution < -0.4 is 11.1 Å². The number of rotatable bonds is 6. The van der Waals surface area contributed by atoms with Crippen molar-refractivity contribution in [2.45, 2.75) is 45.1 Å². The Morgan fingerprint density at radius 1 is 1.55 bits per heavy atom. The van der Waals surface area contributed by atoms with Gasteiger partial charge in [0.25, 0.3) is 5.91 Å². The summed E-state index contributed by atoms with van der Waals surface area (Å²) in [5.41, 5.74) is 6.00. The molecular formula is C15H24N4O2S. The molecule has 1 saturated heterocycles. The maximum absolute atomic E-state index is 12.5. The second kappa shape index (κ2) is 8.24. The first-order valence-electron chi connectivity index (χ1n) is 7.87. The van der Waals surface area contributed by atoms with E-state index in [1.807, 2.05) is 6.92 Å². The maximum atomic E-state index is 12.5. The summed E-state index contributed by atoms with van der Waals surface area (Å²) < 4.78 is 0. The van der Waals surface area contributed by atoms with Crippen LogP contribution in [0.4, 0.5) is 0 Å². The van der Waals surface area contributed by atoms with Gasteiger partial charge in [-0.3, -0.25) is 9.59 Å². The first-order chi connectivity index (χ1) is 10.6. The van der Waals surface area contributed by atoms with Crippen molar-refractivity contribution < 1.29 is 9.59 Å². The molecule has 3 N–H and O–H groups in total. The number of carbonyl (C=O) groups excluding carboxylic acids is 2. The summed E-state index contributed by atoms with van der Waals surface area (Å²) in [6.07, 6.45) is 3.91. The van der Waals surface area contributed by atoms with E-state index in [1.165, 1.54) is 11.3 Å². The van der Waals surface area contributed by atoms with Crippen LogP contribution in [0.2, 0.25) is 0 Å². The molecule has 0 spiro atoms. The number of hydrogen-bond acceptors (Lipinski definition) is 5. The molecule has 2 amide bonds. The molecule has 1 aromatic heterocycles. The molecule has 6 nitrogen and oxygen atoms in total. The minimum absolute atomic E-state index is 0.0473. The summed E-state index contributed by atoms with van der Waals surface area (Å²) in [6.45, 7) is 3.81. The highest BCUT2D eigenvalue weighted by molar-refractivity contribution is 7.09. The highest BCUT2D eigenvalue weighted by Gasteiger charge is 2.26. The van der Waals surface area contributed by atoms with Crippen LogP contribution in [0.5, 0.6) is 0 Å². The summed E-state index contributed by atoms with van der Waals surface area (Å²) in [5, 5.41) is 5.71. The highest BCUT2D eigenvalue weighted by Crippen LogP contribution is 2.16. The van der Waals surface area contributed by atoms with Gasteiger partial charge >= 0.3 is 0 Å². The molecule has 22 heavy (non-hydrogen) atoms. The third-order valence-corrected chi connectivity index (χ3v) is 4.59. The van der Waals surface area contributed by atoms with Crippen LogP contribution in [0.25, 0.3) is 0 Å². The molecule has 1 aromatic rings. The van der Waals surface area contributed by atoms with Gasteiger partial charge in [0.1, 0.15) is 5.69 Å². The quantitative estimate of drug-likeness (QED) is 0.822. The van der Waals surface area contributed by atoms with Gasteiger partial charge in [0, 0.05) is 37.4 Å². The second-order valence-corrected chi connectivity index (χ2v) is 6.52. The molecule has 0 radical (unpaired) electrons. The number of thiazole rings is 1. The van der Waals surface area contributed by atoms with Gasteiger partial charge in [-0.2, -0.15) is 0 Å². The summed E-state index contributed by atoms with van der Waals surface area (Å²) in [6, 6.07) is 0.0545. The van der Waals surface area contributed by atoms with Crippen molar-refractivity contribution in [1.82, 2.24) is 15.2 Å². The molecule has 0 aliphatic carbocycles. The summed E-state index contributed by atoms with van der Waals surface area (Å²) in [7, 11) is 0. The molecular weight excluding hydrogens is 300 g/mol. The Kier molecular flexibility index (Phi) is 6.33. The molecule has 1 aliphatic heterocycles. The zero-order chi connectivity index (χ0) is 15.9. The average Bonchev–Trinajstić information content (AvgIpc) is 2.96. The van der Waals surface area contributed by atoms with Gasteiger partial charge in [-0.15, -0.1) is 11.3 Å². The van der Waals surface area contributed by atoms with Crippen LogP contribution in [0, 0.1) is 0 Å². The predicted octanol–water partition coefficient (Wildman–Crippen LogP) is 1.17. The Bertz CT molecular complexity index is 517. The molecule has 7 heteroatoms. The average molecular weight is 324 g/mol. The van der Waals surface area contributed by atoms with Crippen LogP contribution in [-0.4, -0.2) is 47.4 Å². The van der Waals surface area contributed by atoms with E-state index in [4.69, 9.17) is 5.73 Å². The van der Waals surface area contributed by atoms with Crippen molar-refractivity contribution in [2.24, 2.45) is 5.73 Å². The van der Waals surface area contributed by atoms with Gasteiger partial charge < -0.3 is 16.0 Å². The van der Waals surface area contributed by atoms with E-state index < -0.39 is 0 Å². The molecule has 2 heterocycles. The Morgan fingerprint density at radius 2 is 2.36 bits per heavy atom. The van der Waals surface area contributed by atoms with E-state index in [1.54, 1.807) is 10.3 Å². The standard InChI is InChI=1S/C15H24N4O2S/c1-2-4-13(20)17-11-5-3-8-19(9-11)15(21)12-10-22-14(18-12)6-7-16/h10-11H,2-9,16H2,1H3,(H,17,20). The molecule has 0 bridgehead atoms. The molecule has 1 unspecified atom stereocenters. The van der Waals surface area contributed by atoms with Gasteiger partial charge in [0.15, 0.2) is 0 Å². The number of nitrogens with zero attached hydrogens (tertiary/aromatic N) is 2. The monoisotopic (exact) mass is 324 g/mol. The molecule has 122 valence electrons. The van der Waals surface area contributed by atoms with Gasteiger partial charge in [0.2, 0.25) is 5.91 Å². The van der Waals surface area contributed by atoms with Crippen LogP contribution in [0.3, 0.4) is 0 Å². The number of nitrogens with two attached hydrogens (primary N) is 1. The van der Waals surface area contributed by atoms with E-state index in [0.717, 1.165) is 30.8 Å². The lowest BCUT2D eigenvalue weighted by atomic mass is 10.0. The fourth-order valence-electron chi connectivity index (χ4n) is 2.62. The number of piperidine rings is 1. The van der Waals surface area contributed by atoms with Gasteiger partial charge in [0.05, 0.1) is 5.01 Å². The second-order valence-electron chi connectivity index (χ2n) is 5.57. The van der Waals surface area contributed by atoms with Gasteiger partial charge in [-0.1, -0.05) is 6.92 Å². The SMILES string of the molecule is CCCC(=O)NC1CCCN(C(=O)c2csc(CCN)n2)C1. The normalized spacial score (nSPS) is 18.3. The van der Waals surface area contributed by atoms with Crippen molar-refractivity contribution in [3.8, 4) is 0 Å². The van der Waals surface area contributed by atoms with Gasteiger partial charge in [-0.05, 0) is 25.8 Å². The zero-order valence-electron chi connectivity index (χ0n) is 13.0. The smallest absolute Gasteiger partial charge is 0.273 e. The van der Waals surface area contributed by atoms with Crippen LogP contribution in [0.1, 0.15) is 48.1 Å². The summed E-state index contributed by atoms with van der Waals surface area (Å²) in [4.78, 5) is 30.3. The Labute approximate surface area is 135 Å². The van der Waals surface area contributed by atoms with E-state index in [0.29, 0.717) is 31.6 Å². The number of aromatic nitrogens is 1. The van der Waals surface area contributed by atoms with E-state index in [2.05, 4.69) is 10.3 Å². The number of likely N-dealkylation sites (tertiary alicyclic amines) is 1.